The lowest BCUT2D eigenvalue weighted by molar-refractivity contribution is 0.657. The molecule has 1 unspecified atom stereocenters. The molecule has 1 heteroatoms. The molecule has 0 saturated heterocycles. The van der Waals surface area contributed by atoms with E-state index in [1.807, 2.05) is 0 Å². The Labute approximate surface area is 79.5 Å². The van der Waals surface area contributed by atoms with Crippen LogP contribution in [0.25, 0.3) is 0 Å². The molecule has 1 aliphatic heterocycles. The summed E-state index contributed by atoms with van der Waals surface area (Å²) in [5.41, 5.74) is 2.77. The van der Waals surface area contributed by atoms with Crippen molar-refractivity contribution in [3.05, 3.63) is 47.7 Å². The van der Waals surface area contributed by atoms with Gasteiger partial charge in [-0.1, -0.05) is 35.9 Å². The highest BCUT2D eigenvalue weighted by Crippen LogP contribution is 2.22. The van der Waals surface area contributed by atoms with Crippen molar-refractivity contribution in [3.63, 3.8) is 0 Å². The van der Waals surface area contributed by atoms with Crippen molar-refractivity contribution in [2.75, 3.05) is 6.54 Å². The molecule has 0 fully saturated rings. The van der Waals surface area contributed by atoms with Crippen molar-refractivity contribution in [2.45, 2.75) is 19.3 Å². The van der Waals surface area contributed by atoms with Crippen molar-refractivity contribution in [2.24, 2.45) is 0 Å². The lowest BCUT2D eigenvalue weighted by atomic mass is 9.93. The summed E-state index contributed by atoms with van der Waals surface area (Å²) in [6.07, 6.45) is 5.52. The van der Waals surface area contributed by atoms with E-state index in [4.69, 9.17) is 0 Å². The van der Waals surface area contributed by atoms with Crippen LogP contribution in [0.15, 0.2) is 36.5 Å². The molecule has 0 amide bonds. The standard InChI is InChI=1S/C12H15N/c1-10-2-4-11(5-3-10)12-6-8-13-9-7-12/h2-6,8,12-13H,7,9H2,1H3. The Morgan fingerprint density at radius 1 is 1.23 bits per heavy atom. The Bertz CT molecular complexity index is 297. The minimum atomic E-state index is 0.613. The van der Waals surface area contributed by atoms with E-state index < -0.39 is 0 Å². The zero-order valence-corrected chi connectivity index (χ0v) is 7.96. The number of aryl methyl sites for hydroxylation is 1. The largest absolute Gasteiger partial charge is 0.391 e. The van der Waals surface area contributed by atoms with Crippen molar-refractivity contribution >= 4 is 0 Å². The average Bonchev–Trinajstić information content (AvgIpc) is 2.20. The summed E-state index contributed by atoms with van der Waals surface area (Å²) in [7, 11) is 0. The molecule has 1 heterocycles. The Morgan fingerprint density at radius 3 is 2.62 bits per heavy atom. The van der Waals surface area contributed by atoms with Crippen LogP contribution in [-0.4, -0.2) is 6.54 Å². The normalized spacial score (nSPS) is 21.2. The fourth-order valence-corrected chi connectivity index (χ4v) is 1.69. The minimum absolute atomic E-state index is 0.613. The maximum Gasteiger partial charge on any atom is 0.0150 e. The number of rotatable bonds is 1. The molecule has 1 aromatic carbocycles. The zero-order chi connectivity index (χ0) is 9.10. The second kappa shape index (κ2) is 3.65. The monoisotopic (exact) mass is 173 g/mol. The van der Waals surface area contributed by atoms with Crippen molar-refractivity contribution in [3.8, 4) is 0 Å². The van der Waals surface area contributed by atoms with Gasteiger partial charge in [0.05, 0.1) is 0 Å². The first kappa shape index (κ1) is 8.36. The van der Waals surface area contributed by atoms with E-state index in [0.29, 0.717) is 5.92 Å². The Hall–Kier alpha value is -1.24. The van der Waals surface area contributed by atoms with Gasteiger partial charge in [0.2, 0.25) is 0 Å². The molecule has 2 rings (SSSR count). The molecule has 0 spiro atoms. The second-order valence-corrected chi connectivity index (χ2v) is 3.62. The highest BCUT2D eigenvalue weighted by molar-refractivity contribution is 5.28. The molecule has 0 aliphatic carbocycles. The number of hydrogen-bond acceptors (Lipinski definition) is 1. The summed E-state index contributed by atoms with van der Waals surface area (Å²) in [6.45, 7) is 3.22. The third kappa shape index (κ3) is 1.92. The summed E-state index contributed by atoms with van der Waals surface area (Å²) in [4.78, 5) is 0. The van der Waals surface area contributed by atoms with Crippen LogP contribution in [0.4, 0.5) is 0 Å². The molecule has 0 aromatic heterocycles. The first-order valence-corrected chi connectivity index (χ1v) is 4.83. The van der Waals surface area contributed by atoms with Gasteiger partial charge in [-0.25, -0.2) is 0 Å². The molecule has 13 heavy (non-hydrogen) atoms. The molecule has 0 radical (unpaired) electrons. The van der Waals surface area contributed by atoms with E-state index in [1.54, 1.807) is 0 Å². The molecular formula is C12H15N. The van der Waals surface area contributed by atoms with Crippen LogP contribution in [0.2, 0.25) is 0 Å². The van der Waals surface area contributed by atoms with Gasteiger partial charge in [0.25, 0.3) is 0 Å². The molecule has 1 N–H and O–H groups in total. The van der Waals surface area contributed by atoms with Crippen LogP contribution in [0, 0.1) is 6.92 Å². The van der Waals surface area contributed by atoms with Crippen LogP contribution in [0.1, 0.15) is 23.5 Å². The fraction of sp³-hybridized carbons (Fsp3) is 0.333. The molecular weight excluding hydrogens is 158 g/mol. The van der Waals surface area contributed by atoms with Gasteiger partial charge in [0.15, 0.2) is 0 Å². The molecule has 68 valence electrons. The van der Waals surface area contributed by atoms with Gasteiger partial charge in [-0.3, -0.25) is 0 Å². The van der Waals surface area contributed by atoms with E-state index >= 15 is 0 Å². The van der Waals surface area contributed by atoms with E-state index in [-0.39, 0.29) is 0 Å². The van der Waals surface area contributed by atoms with E-state index in [1.165, 1.54) is 17.5 Å². The van der Waals surface area contributed by atoms with Gasteiger partial charge in [0.1, 0.15) is 0 Å². The minimum Gasteiger partial charge on any atom is -0.391 e. The number of hydrogen-bond donors (Lipinski definition) is 1. The molecule has 0 bridgehead atoms. The Morgan fingerprint density at radius 2 is 2.00 bits per heavy atom. The predicted molar refractivity (Wildman–Crippen MR) is 55.7 cm³/mol. The molecule has 1 atom stereocenters. The van der Waals surface area contributed by atoms with Crippen molar-refractivity contribution in [1.82, 2.24) is 5.32 Å². The maximum atomic E-state index is 3.22. The summed E-state index contributed by atoms with van der Waals surface area (Å²) in [6, 6.07) is 8.84. The number of benzene rings is 1. The van der Waals surface area contributed by atoms with Crippen LogP contribution in [0.3, 0.4) is 0 Å². The van der Waals surface area contributed by atoms with E-state index in [0.717, 1.165) is 6.54 Å². The topological polar surface area (TPSA) is 12.0 Å². The summed E-state index contributed by atoms with van der Waals surface area (Å²) < 4.78 is 0. The number of nitrogens with one attached hydrogen (secondary N) is 1. The van der Waals surface area contributed by atoms with Crippen molar-refractivity contribution < 1.29 is 0 Å². The molecule has 1 nitrogen and oxygen atoms in total. The average molecular weight is 173 g/mol. The van der Waals surface area contributed by atoms with Crippen LogP contribution < -0.4 is 5.32 Å². The Balaban J connectivity index is 2.19. The first-order valence-electron chi connectivity index (χ1n) is 4.83. The third-order valence-electron chi connectivity index (χ3n) is 2.55. The van der Waals surface area contributed by atoms with Gasteiger partial charge in [-0.05, 0) is 25.1 Å². The third-order valence-corrected chi connectivity index (χ3v) is 2.55. The SMILES string of the molecule is Cc1ccc(C2C=CNCC2)cc1. The first-order chi connectivity index (χ1) is 6.36. The summed E-state index contributed by atoms with van der Waals surface area (Å²) in [5.74, 6) is 0.613. The highest BCUT2D eigenvalue weighted by Gasteiger charge is 2.09. The highest BCUT2D eigenvalue weighted by atomic mass is 14.8. The molecule has 1 aliphatic rings. The Kier molecular flexibility index (Phi) is 2.35. The van der Waals surface area contributed by atoms with Gasteiger partial charge in [-0.15, -0.1) is 0 Å². The lowest BCUT2D eigenvalue weighted by Crippen LogP contribution is -2.15. The molecule has 0 saturated carbocycles. The fourth-order valence-electron chi connectivity index (χ4n) is 1.69. The summed E-state index contributed by atoms with van der Waals surface area (Å²) >= 11 is 0. The van der Waals surface area contributed by atoms with Gasteiger partial charge < -0.3 is 5.32 Å². The van der Waals surface area contributed by atoms with Crippen LogP contribution in [0.5, 0.6) is 0 Å². The molecule has 1 aromatic rings. The quantitative estimate of drug-likeness (QED) is 0.688. The predicted octanol–water partition coefficient (Wildman–Crippen LogP) is 2.59. The van der Waals surface area contributed by atoms with Gasteiger partial charge in [-0.2, -0.15) is 0 Å². The van der Waals surface area contributed by atoms with Crippen molar-refractivity contribution in [1.29, 1.82) is 0 Å². The zero-order valence-electron chi connectivity index (χ0n) is 7.96. The van der Waals surface area contributed by atoms with Crippen LogP contribution >= 0.6 is 0 Å². The van der Waals surface area contributed by atoms with Gasteiger partial charge in [0, 0.05) is 12.5 Å². The van der Waals surface area contributed by atoms with Gasteiger partial charge >= 0.3 is 0 Å². The number of allylic oxidation sites excluding steroid dienone is 1. The second-order valence-electron chi connectivity index (χ2n) is 3.62. The van der Waals surface area contributed by atoms with Crippen LogP contribution in [-0.2, 0) is 0 Å². The smallest absolute Gasteiger partial charge is 0.0150 e. The van der Waals surface area contributed by atoms with E-state index in [2.05, 4.69) is 48.8 Å². The maximum absolute atomic E-state index is 3.22. The lowest BCUT2D eigenvalue weighted by Gasteiger charge is -2.17. The van der Waals surface area contributed by atoms with E-state index in [9.17, 15) is 0 Å². The summed E-state index contributed by atoms with van der Waals surface area (Å²) in [5, 5.41) is 3.22.